The highest BCUT2D eigenvalue weighted by Gasteiger charge is 2.28. The second kappa shape index (κ2) is 8.20. The van der Waals surface area contributed by atoms with E-state index in [1.54, 1.807) is 0 Å². The lowest BCUT2D eigenvalue weighted by Crippen LogP contribution is -2.23. The van der Waals surface area contributed by atoms with Crippen molar-refractivity contribution in [3.63, 3.8) is 0 Å². The second-order valence-corrected chi connectivity index (χ2v) is 8.99. The molecule has 152 valence electrons. The standard InChI is InChI=1S/C23H27N3O2S/c1-13(2)28-12-18-8-6-5-7-17(18)11-24-22(27)20-14(3)19-15(4)25-21(16-9-10-16)26-23(19)29-20/h5-8,13,16H,9-12H2,1-4H3,(H,24,27). The molecule has 1 aliphatic carbocycles. The van der Waals surface area contributed by atoms with E-state index >= 15 is 0 Å². The number of thiophene rings is 1. The van der Waals surface area contributed by atoms with Crippen molar-refractivity contribution < 1.29 is 9.53 Å². The number of rotatable bonds is 7. The Hall–Kier alpha value is -2.31. The zero-order valence-electron chi connectivity index (χ0n) is 17.4. The van der Waals surface area contributed by atoms with E-state index in [9.17, 15) is 4.79 Å². The van der Waals surface area contributed by atoms with E-state index in [-0.39, 0.29) is 12.0 Å². The van der Waals surface area contributed by atoms with Gasteiger partial charge in [-0.15, -0.1) is 11.3 Å². The molecular formula is C23H27N3O2S. The maximum absolute atomic E-state index is 12.9. The first-order chi connectivity index (χ1) is 13.9. The van der Waals surface area contributed by atoms with Crippen LogP contribution in [-0.4, -0.2) is 22.0 Å². The zero-order valence-corrected chi connectivity index (χ0v) is 18.2. The van der Waals surface area contributed by atoms with Crippen LogP contribution in [0.15, 0.2) is 24.3 Å². The van der Waals surface area contributed by atoms with E-state index < -0.39 is 0 Å². The third-order valence-corrected chi connectivity index (χ3v) is 6.45. The lowest BCUT2D eigenvalue weighted by molar-refractivity contribution is 0.0651. The number of benzene rings is 1. The van der Waals surface area contributed by atoms with Gasteiger partial charge in [0, 0.05) is 17.8 Å². The summed E-state index contributed by atoms with van der Waals surface area (Å²) in [6.45, 7) is 9.07. The largest absolute Gasteiger partial charge is 0.374 e. The number of nitrogens with zero attached hydrogens (tertiary/aromatic N) is 2. The normalized spacial score (nSPS) is 14.0. The Bertz CT molecular complexity index is 1050. The molecule has 0 saturated heterocycles. The number of amides is 1. The Labute approximate surface area is 175 Å². The van der Waals surface area contributed by atoms with Gasteiger partial charge in [0.15, 0.2) is 0 Å². The molecule has 1 aromatic carbocycles. The molecular weight excluding hydrogens is 382 g/mol. The highest BCUT2D eigenvalue weighted by Crippen LogP contribution is 2.40. The van der Waals surface area contributed by atoms with E-state index in [1.165, 1.54) is 24.2 Å². The molecule has 2 heterocycles. The first-order valence-corrected chi connectivity index (χ1v) is 11.0. The van der Waals surface area contributed by atoms with Crippen LogP contribution < -0.4 is 5.32 Å². The molecule has 6 heteroatoms. The predicted molar refractivity (Wildman–Crippen MR) is 116 cm³/mol. The molecule has 0 radical (unpaired) electrons. The van der Waals surface area contributed by atoms with E-state index in [0.29, 0.717) is 19.1 Å². The van der Waals surface area contributed by atoms with Gasteiger partial charge in [-0.3, -0.25) is 4.79 Å². The minimum atomic E-state index is -0.0579. The van der Waals surface area contributed by atoms with Crippen LogP contribution in [0, 0.1) is 13.8 Å². The number of hydrogen-bond acceptors (Lipinski definition) is 5. The molecule has 1 fully saturated rings. The highest BCUT2D eigenvalue weighted by atomic mass is 32.1. The second-order valence-electron chi connectivity index (χ2n) is 7.99. The topological polar surface area (TPSA) is 64.1 Å². The van der Waals surface area contributed by atoms with Gasteiger partial charge in [0.1, 0.15) is 10.7 Å². The average molecular weight is 410 g/mol. The molecule has 1 amide bonds. The van der Waals surface area contributed by atoms with E-state index in [4.69, 9.17) is 9.72 Å². The lowest BCUT2D eigenvalue weighted by Gasteiger charge is -2.12. The van der Waals surface area contributed by atoms with Crippen molar-refractivity contribution >= 4 is 27.5 Å². The summed E-state index contributed by atoms with van der Waals surface area (Å²) < 4.78 is 5.74. The Balaban J connectivity index is 1.53. The lowest BCUT2D eigenvalue weighted by atomic mass is 10.1. The van der Waals surface area contributed by atoms with Gasteiger partial charge in [0.05, 0.1) is 23.3 Å². The molecule has 29 heavy (non-hydrogen) atoms. The highest BCUT2D eigenvalue weighted by molar-refractivity contribution is 7.20. The summed E-state index contributed by atoms with van der Waals surface area (Å²) in [5, 5.41) is 4.11. The fraction of sp³-hybridized carbons (Fsp3) is 0.435. The van der Waals surface area contributed by atoms with Gasteiger partial charge in [-0.25, -0.2) is 9.97 Å². The number of nitrogens with one attached hydrogen (secondary N) is 1. The van der Waals surface area contributed by atoms with Crippen LogP contribution >= 0.6 is 11.3 Å². The van der Waals surface area contributed by atoms with Crippen LogP contribution in [0.5, 0.6) is 0 Å². The fourth-order valence-corrected chi connectivity index (χ4v) is 4.64. The van der Waals surface area contributed by atoms with Gasteiger partial charge in [0.25, 0.3) is 5.91 Å². The number of hydrogen-bond donors (Lipinski definition) is 1. The van der Waals surface area contributed by atoms with Crippen molar-refractivity contribution in [2.75, 3.05) is 0 Å². The van der Waals surface area contributed by atoms with Crippen molar-refractivity contribution in [2.24, 2.45) is 0 Å². The molecule has 2 aromatic heterocycles. The number of fused-ring (bicyclic) bond motifs is 1. The van der Waals surface area contributed by atoms with Crippen molar-refractivity contribution in [1.29, 1.82) is 0 Å². The number of ether oxygens (including phenoxy) is 1. The van der Waals surface area contributed by atoms with Crippen molar-refractivity contribution in [1.82, 2.24) is 15.3 Å². The summed E-state index contributed by atoms with van der Waals surface area (Å²) in [6, 6.07) is 8.07. The van der Waals surface area contributed by atoms with Crippen molar-refractivity contribution in [2.45, 2.75) is 65.7 Å². The van der Waals surface area contributed by atoms with Gasteiger partial charge in [-0.1, -0.05) is 24.3 Å². The molecule has 0 unspecified atom stereocenters. The quantitative estimate of drug-likeness (QED) is 0.594. The maximum atomic E-state index is 12.9. The molecule has 0 aliphatic heterocycles. The fourth-order valence-electron chi connectivity index (χ4n) is 3.48. The van der Waals surface area contributed by atoms with Gasteiger partial charge in [0.2, 0.25) is 0 Å². The van der Waals surface area contributed by atoms with Gasteiger partial charge < -0.3 is 10.1 Å². The smallest absolute Gasteiger partial charge is 0.261 e. The molecule has 1 saturated carbocycles. The molecule has 4 rings (SSSR count). The summed E-state index contributed by atoms with van der Waals surface area (Å²) in [7, 11) is 0. The summed E-state index contributed by atoms with van der Waals surface area (Å²) in [6.07, 6.45) is 2.51. The summed E-state index contributed by atoms with van der Waals surface area (Å²) in [4.78, 5) is 24.0. The Morgan fingerprint density at radius 1 is 1.21 bits per heavy atom. The van der Waals surface area contributed by atoms with Crippen LogP contribution in [0.4, 0.5) is 0 Å². The first-order valence-electron chi connectivity index (χ1n) is 10.2. The van der Waals surface area contributed by atoms with Crippen LogP contribution in [0.3, 0.4) is 0 Å². The number of aromatic nitrogens is 2. The molecule has 0 atom stereocenters. The van der Waals surface area contributed by atoms with Crippen LogP contribution in [-0.2, 0) is 17.9 Å². The third kappa shape index (κ3) is 4.33. The Morgan fingerprint density at radius 2 is 1.93 bits per heavy atom. The minimum absolute atomic E-state index is 0.0579. The van der Waals surface area contributed by atoms with Crippen molar-refractivity contribution in [3.8, 4) is 0 Å². The summed E-state index contributed by atoms with van der Waals surface area (Å²) >= 11 is 1.47. The van der Waals surface area contributed by atoms with Crippen LogP contribution in [0.25, 0.3) is 10.2 Å². The van der Waals surface area contributed by atoms with Crippen LogP contribution in [0.1, 0.15) is 70.5 Å². The molecule has 0 bridgehead atoms. The number of aryl methyl sites for hydroxylation is 2. The number of carbonyl (C=O) groups excluding carboxylic acids is 1. The molecule has 5 nitrogen and oxygen atoms in total. The summed E-state index contributed by atoms with van der Waals surface area (Å²) in [5.74, 6) is 1.38. The third-order valence-electron chi connectivity index (χ3n) is 5.27. The monoisotopic (exact) mass is 409 g/mol. The van der Waals surface area contributed by atoms with E-state index in [0.717, 1.165) is 43.3 Å². The molecule has 1 N–H and O–H groups in total. The predicted octanol–water partition coefficient (Wildman–Crippen LogP) is 5.04. The van der Waals surface area contributed by atoms with Gasteiger partial charge in [-0.2, -0.15) is 0 Å². The van der Waals surface area contributed by atoms with Crippen molar-refractivity contribution in [3.05, 3.63) is 57.4 Å². The van der Waals surface area contributed by atoms with Crippen LogP contribution in [0.2, 0.25) is 0 Å². The Kier molecular flexibility index (Phi) is 5.65. The number of carbonyl (C=O) groups is 1. The minimum Gasteiger partial charge on any atom is -0.374 e. The van der Waals surface area contributed by atoms with Gasteiger partial charge >= 0.3 is 0 Å². The molecule has 1 aliphatic rings. The van der Waals surface area contributed by atoms with E-state index in [1.807, 2.05) is 52.0 Å². The molecule has 3 aromatic rings. The Morgan fingerprint density at radius 3 is 2.62 bits per heavy atom. The summed E-state index contributed by atoms with van der Waals surface area (Å²) in [5.41, 5.74) is 4.12. The maximum Gasteiger partial charge on any atom is 0.261 e. The first kappa shape index (κ1) is 20.0. The van der Waals surface area contributed by atoms with Gasteiger partial charge in [-0.05, 0) is 57.2 Å². The molecule has 0 spiro atoms. The zero-order chi connectivity index (χ0) is 20.5. The SMILES string of the molecule is Cc1nc(C2CC2)nc2sc(C(=O)NCc3ccccc3COC(C)C)c(C)c12. The van der Waals surface area contributed by atoms with E-state index in [2.05, 4.69) is 10.3 Å². The average Bonchev–Trinajstić information content (AvgIpc) is 3.48.